The highest BCUT2D eigenvalue weighted by molar-refractivity contribution is 7.80. The summed E-state index contributed by atoms with van der Waals surface area (Å²) < 4.78 is 2.09. The SMILES string of the molecule is OCCCN1C(=S)N[C@H](c2ccccn2)[C@H]1c1cccn1-c1ccccn1. The fraction of sp³-hybridized carbons (Fsp3) is 0.250. The molecule has 3 aromatic heterocycles. The lowest BCUT2D eigenvalue weighted by Crippen LogP contribution is -2.31. The van der Waals surface area contributed by atoms with Crippen molar-refractivity contribution in [1.29, 1.82) is 0 Å². The summed E-state index contributed by atoms with van der Waals surface area (Å²) in [7, 11) is 0. The number of hydrogen-bond acceptors (Lipinski definition) is 4. The minimum atomic E-state index is -0.0743. The Bertz CT molecular complexity index is 899. The second kappa shape index (κ2) is 7.85. The van der Waals surface area contributed by atoms with Crippen molar-refractivity contribution in [3.8, 4) is 5.82 Å². The van der Waals surface area contributed by atoms with E-state index in [9.17, 15) is 5.11 Å². The fourth-order valence-corrected chi connectivity index (χ4v) is 3.88. The van der Waals surface area contributed by atoms with Gasteiger partial charge in [-0.15, -0.1) is 0 Å². The van der Waals surface area contributed by atoms with Crippen molar-refractivity contribution in [2.45, 2.75) is 18.5 Å². The third kappa shape index (κ3) is 3.43. The van der Waals surface area contributed by atoms with Crippen molar-refractivity contribution in [2.75, 3.05) is 13.2 Å². The van der Waals surface area contributed by atoms with E-state index in [-0.39, 0.29) is 18.7 Å². The summed E-state index contributed by atoms with van der Waals surface area (Å²) in [6.45, 7) is 0.797. The molecule has 1 aliphatic heterocycles. The second-order valence-electron chi connectivity index (χ2n) is 6.39. The van der Waals surface area contributed by atoms with E-state index < -0.39 is 0 Å². The average molecular weight is 379 g/mol. The number of aliphatic hydroxyl groups is 1. The minimum Gasteiger partial charge on any atom is -0.396 e. The van der Waals surface area contributed by atoms with Crippen molar-refractivity contribution in [3.05, 3.63) is 78.5 Å². The van der Waals surface area contributed by atoms with Crippen LogP contribution in [0.2, 0.25) is 0 Å². The Morgan fingerprint density at radius 2 is 1.85 bits per heavy atom. The van der Waals surface area contributed by atoms with Crippen molar-refractivity contribution in [3.63, 3.8) is 0 Å². The lowest BCUT2D eigenvalue weighted by molar-refractivity contribution is 0.244. The van der Waals surface area contributed by atoms with Crippen LogP contribution in [0.1, 0.15) is 29.9 Å². The summed E-state index contributed by atoms with van der Waals surface area (Å²) in [5.41, 5.74) is 2.01. The number of nitrogens with one attached hydrogen (secondary N) is 1. The van der Waals surface area contributed by atoms with Crippen LogP contribution in [0.4, 0.5) is 0 Å². The zero-order valence-corrected chi connectivity index (χ0v) is 15.6. The summed E-state index contributed by atoms with van der Waals surface area (Å²) in [5, 5.41) is 13.4. The highest BCUT2D eigenvalue weighted by Gasteiger charge is 2.40. The van der Waals surface area contributed by atoms with Gasteiger partial charge < -0.3 is 19.9 Å². The van der Waals surface area contributed by atoms with E-state index in [2.05, 4.69) is 30.8 Å². The number of aromatic nitrogens is 3. The van der Waals surface area contributed by atoms with Gasteiger partial charge in [0.1, 0.15) is 5.82 Å². The maximum atomic E-state index is 9.33. The summed E-state index contributed by atoms with van der Waals surface area (Å²) in [5.74, 6) is 0.859. The molecule has 2 N–H and O–H groups in total. The Morgan fingerprint density at radius 1 is 1.04 bits per heavy atom. The molecule has 1 saturated heterocycles. The number of hydrogen-bond donors (Lipinski definition) is 2. The van der Waals surface area contributed by atoms with E-state index in [4.69, 9.17) is 12.2 Å². The van der Waals surface area contributed by atoms with E-state index in [1.54, 1.807) is 12.4 Å². The molecule has 0 spiro atoms. The molecule has 1 fully saturated rings. The van der Waals surface area contributed by atoms with Gasteiger partial charge in [-0.1, -0.05) is 12.1 Å². The summed E-state index contributed by atoms with van der Waals surface area (Å²) in [4.78, 5) is 11.2. The van der Waals surface area contributed by atoms with E-state index in [1.807, 2.05) is 48.7 Å². The van der Waals surface area contributed by atoms with Gasteiger partial charge in [0.25, 0.3) is 0 Å². The molecule has 4 rings (SSSR count). The van der Waals surface area contributed by atoms with Crippen LogP contribution in [-0.2, 0) is 0 Å². The molecule has 0 aliphatic carbocycles. The Hall–Kier alpha value is -2.77. The molecule has 0 radical (unpaired) electrons. The molecule has 6 nitrogen and oxygen atoms in total. The quantitative estimate of drug-likeness (QED) is 0.642. The molecule has 1 aliphatic rings. The Labute approximate surface area is 163 Å². The summed E-state index contributed by atoms with van der Waals surface area (Å²) in [6.07, 6.45) is 6.25. The lowest BCUT2D eigenvalue weighted by Gasteiger charge is -2.28. The number of nitrogens with zero attached hydrogens (tertiary/aromatic N) is 4. The third-order valence-corrected chi connectivity index (χ3v) is 5.09. The van der Waals surface area contributed by atoms with Crippen LogP contribution >= 0.6 is 12.2 Å². The Balaban J connectivity index is 1.78. The predicted octanol–water partition coefficient (Wildman–Crippen LogP) is 2.62. The van der Waals surface area contributed by atoms with Gasteiger partial charge in [0.05, 0.1) is 17.8 Å². The first-order chi connectivity index (χ1) is 13.3. The summed E-state index contributed by atoms with van der Waals surface area (Å²) in [6, 6.07) is 15.8. The molecule has 0 amide bonds. The monoisotopic (exact) mass is 379 g/mol. The van der Waals surface area contributed by atoms with Crippen LogP contribution in [0.3, 0.4) is 0 Å². The first-order valence-corrected chi connectivity index (χ1v) is 9.38. The summed E-state index contributed by atoms with van der Waals surface area (Å²) >= 11 is 5.62. The molecule has 138 valence electrons. The van der Waals surface area contributed by atoms with Gasteiger partial charge in [-0.2, -0.15) is 0 Å². The van der Waals surface area contributed by atoms with E-state index in [0.717, 1.165) is 17.2 Å². The van der Waals surface area contributed by atoms with E-state index >= 15 is 0 Å². The number of thiocarbonyl (C=S) groups is 1. The van der Waals surface area contributed by atoms with Gasteiger partial charge >= 0.3 is 0 Å². The number of pyridine rings is 2. The molecule has 0 unspecified atom stereocenters. The van der Waals surface area contributed by atoms with Gasteiger partial charge in [-0.05, 0) is 55.0 Å². The average Bonchev–Trinajstić information content (AvgIpc) is 3.32. The van der Waals surface area contributed by atoms with Crippen molar-refractivity contribution < 1.29 is 5.11 Å². The van der Waals surface area contributed by atoms with Gasteiger partial charge in [-0.25, -0.2) is 4.98 Å². The first-order valence-electron chi connectivity index (χ1n) is 8.97. The minimum absolute atomic E-state index is 0.0454. The van der Waals surface area contributed by atoms with Crippen LogP contribution in [-0.4, -0.2) is 42.8 Å². The third-order valence-electron chi connectivity index (χ3n) is 4.73. The van der Waals surface area contributed by atoms with Crippen LogP contribution in [0.15, 0.2) is 67.1 Å². The molecule has 4 heterocycles. The largest absolute Gasteiger partial charge is 0.396 e. The van der Waals surface area contributed by atoms with Crippen LogP contribution < -0.4 is 5.32 Å². The molecule has 0 saturated carbocycles. The number of aliphatic hydroxyl groups excluding tert-OH is 1. The van der Waals surface area contributed by atoms with E-state index in [1.165, 1.54) is 0 Å². The topological polar surface area (TPSA) is 66.2 Å². The van der Waals surface area contributed by atoms with Crippen molar-refractivity contribution >= 4 is 17.3 Å². The molecule has 7 heteroatoms. The second-order valence-corrected chi connectivity index (χ2v) is 6.77. The molecular formula is C20H21N5OS. The lowest BCUT2D eigenvalue weighted by atomic mass is 10.0. The zero-order chi connectivity index (χ0) is 18.6. The zero-order valence-electron chi connectivity index (χ0n) is 14.8. The van der Waals surface area contributed by atoms with Crippen LogP contribution in [0.25, 0.3) is 5.82 Å². The van der Waals surface area contributed by atoms with E-state index in [0.29, 0.717) is 18.1 Å². The molecular weight excluding hydrogens is 358 g/mol. The first kappa shape index (κ1) is 17.6. The Kier molecular flexibility index (Phi) is 5.13. The fourth-order valence-electron chi connectivity index (χ4n) is 3.55. The molecule has 2 atom stereocenters. The normalized spacial score (nSPS) is 19.3. The van der Waals surface area contributed by atoms with Gasteiger partial charge in [0.2, 0.25) is 0 Å². The van der Waals surface area contributed by atoms with Gasteiger partial charge in [-0.3, -0.25) is 4.98 Å². The highest BCUT2D eigenvalue weighted by atomic mass is 32.1. The maximum Gasteiger partial charge on any atom is 0.170 e. The maximum absolute atomic E-state index is 9.33. The number of rotatable bonds is 6. The smallest absolute Gasteiger partial charge is 0.170 e. The predicted molar refractivity (Wildman–Crippen MR) is 107 cm³/mol. The molecule has 27 heavy (non-hydrogen) atoms. The standard InChI is InChI=1S/C20H21N5OS/c26-14-6-13-25-19(18(23-20(25)27)15-7-1-3-10-21-15)16-8-5-12-24(16)17-9-2-4-11-22-17/h1-5,7-12,18-19,26H,6,13-14H2,(H,23,27)/t18-,19-/m1/s1. The van der Waals surface area contributed by atoms with Crippen LogP contribution in [0, 0.1) is 0 Å². The van der Waals surface area contributed by atoms with Gasteiger partial charge in [0, 0.05) is 37.4 Å². The molecule has 3 aromatic rings. The molecule has 0 bridgehead atoms. The Morgan fingerprint density at radius 3 is 2.56 bits per heavy atom. The van der Waals surface area contributed by atoms with Crippen molar-refractivity contribution in [2.24, 2.45) is 0 Å². The van der Waals surface area contributed by atoms with Gasteiger partial charge in [0.15, 0.2) is 5.11 Å². The van der Waals surface area contributed by atoms with Crippen molar-refractivity contribution in [1.82, 2.24) is 24.8 Å². The molecule has 0 aromatic carbocycles. The highest BCUT2D eigenvalue weighted by Crippen LogP contribution is 2.39. The van der Waals surface area contributed by atoms with Crippen LogP contribution in [0.5, 0.6) is 0 Å².